The van der Waals surface area contributed by atoms with Crippen molar-refractivity contribution >= 4 is 10.1 Å². The number of hydrogen-bond donors (Lipinski definition) is 0. The smallest absolute Gasteiger partial charge is 0.262 e. The Bertz CT molecular complexity index is 481. The average Bonchev–Trinajstić information content (AvgIpc) is 2.45. The molecule has 0 fully saturated rings. The van der Waals surface area contributed by atoms with Gasteiger partial charge >= 0.3 is 0 Å². The molecule has 1 aliphatic rings. The lowest BCUT2D eigenvalue weighted by molar-refractivity contribution is 0.217. The lowest BCUT2D eigenvalue weighted by atomic mass is 10.1. The minimum atomic E-state index is -3.45. The van der Waals surface area contributed by atoms with Crippen molar-refractivity contribution in [2.24, 2.45) is 0 Å². The molecule has 3 nitrogen and oxygen atoms in total. The van der Waals surface area contributed by atoms with Crippen LogP contribution in [0.1, 0.15) is 23.7 Å². The van der Waals surface area contributed by atoms with Crippen molar-refractivity contribution < 1.29 is 17.0 Å². The molecule has 0 saturated carbocycles. The van der Waals surface area contributed by atoms with Gasteiger partial charge < -0.3 is 0 Å². The first-order valence-electron chi connectivity index (χ1n) is 4.62. The molecule has 0 bridgehead atoms. The van der Waals surface area contributed by atoms with Gasteiger partial charge in [0.25, 0.3) is 10.1 Å². The molecular weight excluding hydrogens is 219 g/mol. The summed E-state index contributed by atoms with van der Waals surface area (Å²) in [6.07, 6.45) is 1.82. The summed E-state index contributed by atoms with van der Waals surface area (Å²) in [7, 11) is -3.45. The van der Waals surface area contributed by atoms with E-state index < -0.39 is 16.2 Å². The maximum absolute atomic E-state index is 12.9. The summed E-state index contributed by atoms with van der Waals surface area (Å²) in [6, 6.07) is 4.34. The van der Waals surface area contributed by atoms with Gasteiger partial charge in [-0.2, -0.15) is 8.42 Å². The van der Waals surface area contributed by atoms with E-state index in [9.17, 15) is 12.8 Å². The van der Waals surface area contributed by atoms with Crippen LogP contribution in [0.2, 0.25) is 0 Å². The van der Waals surface area contributed by atoms with E-state index in [1.807, 2.05) is 0 Å². The highest BCUT2D eigenvalue weighted by molar-refractivity contribution is 7.86. The van der Waals surface area contributed by atoms with Crippen molar-refractivity contribution in [3.63, 3.8) is 0 Å². The molecule has 0 radical (unpaired) electrons. The fourth-order valence-corrected chi connectivity index (χ4v) is 2.48. The zero-order valence-corrected chi connectivity index (χ0v) is 9.05. The van der Waals surface area contributed by atoms with E-state index >= 15 is 0 Å². The molecule has 1 aliphatic carbocycles. The molecule has 1 aromatic carbocycles. The molecule has 15 heavy (non-hydrogen) atoms. The summed E-state index contributed by atoms with van der Waals surface area (Å²) in [4.78, 5) is 0. The Balaban J connectivity index is 2.29. The van der Waals surface area contributed by atoms with Crippen LogP contribution in [0, 0.1) is 5.82 Å². The predicted molar refractivity (Wildman–Crippen MR) is 53.4 cm³/mol. The second-order valence-corrected chi connectivity index (χ2v) is 5.27. The van der Waals surface area contributed by atoms with Gasteiger partial charge in [0.05, 0.1) is 6.26 Å². The van der Waals surface area contributed by atoms with Gasteiger partial charge in [0.1, 0.15) is 11.9 Å². The number of halogens is 1. The predicted octanol–water partition coefficient (Wildman–Crippen LogP) is 1.79. The molecule has 1 unspecified atom stereocenters. The first kappa shape index (κ1) is 10.6. The van der Waals surface area contributed by atoms with Crippen LogP contribution in [0.3, 0.4) is 0 Å². The molecule has 0 N–H and O–H groups in total. The first-order valence-corrected chi connectivity index (χ1v) is 6.44. The van der Waals surface area contributed by atoms with Gasteiger partial charge in [0.2, 0.25) is 0 Å². The Labute approximate surface area is 88.0 Å². The molecule has 1 atom stereocenters. The molecule has 0 amide bonds. The molecule has 0 aromatic heterocycles. The van der Waals surface area contributed by atoms with Crippen molar-refractivity contribution in [2.45, 2.75) is 18.9 Å². The Morgan fingerprint density at radius 3 is 2.87 bits per heavy atom. The average molecular weight is 230 g/mol. The molecule has 0 spiro atoms. The minimum Gasteiger partial charge on any atom is -0.262 e. The van der Waals surface area contributed by atoms with Gasteiger partial charge in [-0.15, -0.1) is 0 Å². The van der Waals surface area contributed by atoms with Crippen molar-refractivity contribution in [2.75, 3.05) is 6.26 Å². The number of rotatable bonds is 2. The number of fused-ring (bicyclic) bond motifs is 1. The maximum atomic E-state index is 12.9. The third-order valence-electron chi connectivity index (χ3n) is 2.42. The SMILES string of the molecule is CS(=O)(=O)OC1CCc2cc(F)ccc21. The van der Waals surface area contributed by atoms with Gasteiger partial charge in [0, 0.05) is 0 Å². The molecule has 82 valence electrons. The Morgan fingerprint density at radius 2 is 2.20 bits per heavy atom. The van der Waals surface area contributed by atoms with E-state index in [-0.39, 0.29) is 5.82 Å². The van der Waals surface area contributed by atoms with Crippen LogP contribution < -0.4 is 0 Å². The highest BCUT2D eigenvalue weighted by Gasteiger charge is 2.26. The van der Waals surface area contributed by atoms with E-state index in [2.05, 4.69) is 0 Å². The van der Waals surface area contributed by atoms with Gasteiger partial charge in [-0.1, -0.05) is 6.07 Å². The summed E-state index contributed by atoms with van der Waals surface area (Å²) in [6.45, 7) is 0. The topological polar surface area (TPSA) is 43.4 Å². The van der Waals surface area contributed by atoms with E-state index in [1.165, 1.54) is 12.1 Å². The number of aryl methyl sites for hydroxylation is 1. The van der Waals surface area contributed by atoms with E-state index in [0.717, 1.165) is 17.4 Å². The Morgan fingerprint density at radius 1 is 1.47 bits per heavy atom. The molecule has 2 rings (SSSR count). The first-order chi connectivity index (χ1) is 6.96. The van der Waals surface area contributed by atoms with E-state index in [1.54, 1.807) is 6.07 Å². The van der Waals surface area contributed by atoms with Gasteiger partial charge in [-0.3, -0.25) is 4.18 Å². The van der Waals surface area contributed by atoms with E-state index in [0.29, 0.717) is 12.8 Å². The zero-order chi connectivity index (χ0) is 11.1. The summed E-state index contributed by atoms with van der Waals surface area (Å²) in [5.74, 6) is -0.297. The highest BCUT2D eigenvalue weighted by atomic mass is 32.2. The molecule has 0 aliphatic heterocycles. The highest BCUT2D eigenvalue weighted by Crippen LogP contribution is 2.35. The van der Waals surface area contributed by atoms with Crippen LogP contribution in [0.5, 0.6) is 0 Å². The molecule has 1 aromatic rings. The fourth-order valence-electron chi connectivity index (χ4n) is 1.86. The van der Waals surface area contributed by atoms with Gasteiger partial charge in [-0.05, 0) is 36.1 Å². The summed E-state index contributed by atoms with van der Waals surface area (Å²) in [5.41, 5.74) is 1.62. The van der Waals surface area contributed by atoms with Gasteiger partial charge in [-0.25, -0.2) is 4.39 Å². The second kappa shape index (κ2) is 3.57. The second-order valence-electron chi connectivity index (χ2n) is 3.67. The number of benzene rings is 1. The molecule has 0 saturated heterocycles. The number of hydrogen-bond acceptors (Lipinski definition) is 3. The van der Waals surface area contributed by atoms with E-state index in [4.69, 9.17) is 4.18 Å². The van der Waals surface area contributed by atoms with Crippen molar-refractivity contribution in [1.82, 2.24) is 0 Å². The molecule has 0 heterocycles. The van der Waals surface area contributed by atoms with Crippen molar-refractivity contribution in [3.05, 3.63) is 35.1 Å². The minimum absolute atomic E-state index is 0.297. The summed E-state index contributed by atoms with van der Waals surface area (Å²) < 4.78 is 39.7. The van der Waals surface area contributed by atoms with Crippen LogP contribution >= 0.6 is 0 Å². The third-order valence-corrected chi connectivity index (χ3v) is 3.00. The van der Waals surface area contributed by atoms with Crippen LogP contribution in [0.25, 0.3) is 0 Å². The quantitative estimate of drug-likeness (QED) is 0.727. The van der Waals surface area contributed by atoms with Gasteiger partial charge in [0.15, 0.2) is 0 Å². The standard InChI is InChI=1S/C10H11FO3S/c1-15(12,13)14-10-5-2-7-6-8(11)3-4-9(7)10/h3-4,6,10H,2,5H2,1H3. The van der Waals surface area contributed by atoms with Crippen LogP contribution in [0.4, 0.5) is 4.39 Å². The van der Waals surface area contributed by atoms with Crippen LogP contribution in [-0.4, -0.2) is 14.7 Å². The Hall–Kier alpha value is -0.940. The fraction of sp³-hybridized carbons (Fsp3) is 0.400. The monoisotopic (exact) mass is 230 g/mol. The Kier molecular flexibility index (Phi) is 2.52. The lowest BCUT2D eigenvalue weighted by Crippen LogP contribution is -2.07. The third kappa shape index (κ3) is 2.35. The van der Waals surface area contributed by atoms with Crippen molar-refractivity contribution in [3.8, 4) is 0 Å². The van der Waals surface area contributed by atoms with Crippen molar-refractivity contribution in [1.29, 1.82) is 0 Å². The maximum Gasteiger partial charge on any atom is 0.264 e. The molecule has 5 heteroatoms. The largest absolute Gasteiger partial charge is 0.264 e. The van der Waals surface area contributed by atoms with Crippen LogP contribution in [-0.2, 0) is 20.7 Å². The van der Waals surface area contributed by atoms with Crippen LogP contribution in [0.15, 0.2) is 18.2 Å². The summed E-state index contributed by atoms with van der Waals surface area (Å²) >= 11 is 0. The lowest BCUT2D eigenvalue weighted by Gasteiger charge is -2.10. The normalized spacial score (nSPS) is 20.3. The summed E-state index contributed by atoms with van der Waals surface area (Å²) in [5, 5.41) is 0. The zero-order valence-electron chi connectivity index (χ0n) is 8.23. The molecular formula is C10H11FO3S.